The van der Waals surface area contributed by atoms with E-state index in [-0.39, 0.29) is 31.1 Å². The van der Waals surface area contributed by atoms with Crippen molar-refractivity contribution in [1.82, 2.24) is 0 Å². The molecule has 0 N–H and O–H groups in total. The van der Waals surface area contributed by atoms with E-state index in [4.69, 9.17) is 14.2 Å². The van der Waals surface area contributed by atoms with Crippen molar-refractivity contribution in [3.8, 4) is 0 Å². The van der Waals surface area contributed by atoms with Crippen LogP contribution in [0.1, 0.15) is 336 Å². The average molecular weight is 934 g/mol. The minimum atomic E-state index is -0.763. The number of esters is 3. The molecular weight excluding hydrogens is 817 g/mol. The highest BCUT2D eigenvalue weighted by molar-refractivity contribution is 5.71. The average Bonchev–Trinajstić information content (AvgIpc) is 3.29. The molecule has 6 nitrogen and oxygen atoms in total. The van der Waals surface area contributed by atoms with Gasteiger partial charge in [0.05, 0.1) is 0 Å². The number of hydrogen-bond donors (Lipinski definition) is 0. The zero-order valence-electron chi connectivity index (χ0n) is 45.3. The highest BCUT2D eigenvalue weighted by atomic mass is 16.6. The Bertz CT molecular complexity index is 1010. The van der Waals surface area contributed by atoms with Gasteiger partial charge >= 0.3 is 17.9 Å². The molecule has 0 aromatic carbocycles. The largest absolute Gasteiger partial charge is 0.462 e. The number of carbonyl (C=O) groups is 3. The van der Waals surface area contributed by atoms with Crippen LogP contribution in [-0.2, 0) is 28.6 Å². The fraction of sp³-hybridized carbons (Fsp3) is 0.950. The van der Waals surface area contributed by atoms with Crippen molar-refractivity contribution in [2.45, 2.75) is 343 Å². The van der Waals surface area contributed by atoms with Gasteiger partial charge < -0.3 is 14.2 Å². The number of hydrogen-bond acceptors (Lipinski definition) is 6. The molecule has 0 fully saturated rings. The minimum Gasteiger partial charge on any atom is -0.462 e. The summed E-state index contributed by atoms with van der Waals surface area (Å²) in [5, 5.41) is 0. The van der Waals surface area contributed by atoms with Crippen molar-refractivity contribution in [3.63, 3.8) is 0 Å². The van der Waals surface area contributed by atoms with Crippen molar-refractivity contribution >= 4 is 17.9 Å². The van der Waals surface area contributed by atoms with Gasteiger partial charge in [-0.1, -0.05) is 298 Å². The second-order valence-corrected chi connectivity index (χ2v) is 21.6. The third kappa shape index (κ3) is 53.4. The molecule has 0 unspecified atom stereocenters. The third-order valence-corrected chi connectivity index (χ3v) is 13.7. The van der Waals surface area contributed by atoms with E-state index < -0.39 is 6.10 Å². The van der Waals surface area contributed by atoms with Gasteiger partial charge in [-0.25, -0.2) is 0 Å². The zero-order chi connectivity index (χ0) is 48.2. The maximum atomic E-state index is 12.9. The second kappa shape index (κ2) is 52.8. The molecule has 0 aromatic heterocycles. The summed E-state index contributed by atoms with van der Waals surface area (Å²) in [7, 11) is 0. The summed E-state index contributed by atoms with van der Waals surface area (Å²) in [5.41, 5.74) is 0. The molecule has 0 aliphatic heterocycles. The maximum Gasteiger partial charge on any atom is 0.306 e. The Hall–Kier alpha value is -1.59. The first-order chi connectivity index (χ1) is 32.2. The van der Waals surface area contributed by atoms with Crippen molar-refractivity contribution in [2.75, 3.05) is 13.2 Å². The van der Waals surface area contributed by atoms with Gasteiger partial charge in [0.15, 0.2) is 6.10 Å². The number of rotatable bonds is 54. The predicted octanol–water partition coefficient (Wildman–Crippen LogP) is 19.7. The molecule has 0 amide bonds. The standard InChI is InChI=1S/C60H116O6/c1-6-7-8-9-10-11-12-13-14-17-20-25-30-35-40-45-50-58(61)64-53-57(66-60(63)52-47-42-37-32-27-22-24-29-34-39-44-49-56(4)5)54-65-59(62)51-46-41-36-31-26-21-18-15-16-19-23-28-33-38-43-48-55(2)3/h55-57H,6-54H2,1-5H3/t57-/m0/s1. The lowest BCUT2D eigenvalue weighted by Gasteiger charge is -2.18. The van der Waals surface area contributed by atoms with Crippen LogP contribution in [0.5, 0.6) is 0 Å². The second-order valence-electron chi connectivity index (χ2n) is 21.6. The number of unbranched alkanes of at least 4 members (excludes halogenated alkanes) is 39. The maximum absolute atomic E-state index is 12.9. The first-order valence-electron chi connectivity index (χ1n) is 29.7. The van der Waals surface area contributed by atoms with Gasteiger partial charge in [-0.2, -0.15) is 0 Å². The summed E-state index contributed by atoms with van der Waals surface area (Å²) in [4.78, 5) is 38.2. The summed E-state index contributed by atoms with van der Waals surface area (Å²) in [6.45, 7) is 11.4. The molecule has 0 saturated carbocycles. The Morgan fingerprint density at radius 1 is 0.288 bits per heavy atom. The normalized spacial score (nSPS) is 12.0. The van der Waals surface area contributed by atoms with E-state index in [1.54, 1.807) is 0 Å². The molecule has 0 rings (SSSR count). The zero-order valence-corrected chi connectivity index (χ0v) is 45.3. The number of ether oxygens (including phenoxy) is 3. The van der Waals surface area contributed by atoms with Crippen LogP contribution < -0.4 is 0 Å². The Morgan fingerprint density at radius 3 is 0.742 bits per heavy atom. The minimum absolute atomic E-state index is 0.0625. The molecule has 6 heteroatoms. The lowest BCUT2D eigenvalue weighted by atomic mass is 10.0. The molecular formula is C60H116O6. The van der Waals surface area contributed by atoms with Gasteiger partial charge in [0, 0.05) is 19.3 Å². The number of carbonyl (C=O) groups excluding carboxylic acids is 3. The van der Waals surface area contributed by atoms with Gasteiger partial charge in [-0.3, -0.25) is 14.4 Å². The molecule has 0 radical (unpaired) electrons. The fourth-order valence-corrected chi connectivity index (χ4v) is 9.23. The molecule has 0 heterocycles. The summed E-state index contributed by atoms with van der Waals surface area (Å²) >= 11 is 0. The van der Waals surface area contributed by atoms with Crippen LogP contribution >= 0.6 is 0 Å². The quantitative estimate of drug-likeness (QED) is 0.0343. The highest BCUT2D eigenvalue weighted by Crippen LogP contribution is 2.18. The van der Waals surface area contributed by atoms with Gasteiger partial charge in [-0.05, 0) is 31.1 Å². The Balaban J connectivity index is 4.28. The predicted molar refractivity (Wildman–Crippen MR) is 284 cm³/mol. The summed E-state index contributed by atoms with van der Waals surface area (Å²) < 4.78 is 16.9. The van der Waals surface area contributed by atoms with Crippen LogP contribution in [0.3, 0.4) is 0 Å². The molecule has 1 atom stereocenters. The summed E-state index contributed by atoms with van der Waals surface area (Å²) in [6.07, 6.45) is 56.7. The van der Waals surface area contributed by atoms with E-state index in [1.165, 1.54) is 225 Å². The van der Waals surface area contributed by atoms with Crippen LogP contribution in [-0.4, -0.2) is 37.2 Å². The fourth-order valence-electron chi connectivity index (χ4n) is 9.23. The van der Waals surface area contributed by atoms with E-state index in [2.05, 4.69) is 34.6 Å². The molecule has 0 saturated heterocycles. The van der Waals surface area contributed by atoms with Crippen LogP contribution in [0.4, 0.5) is 0 Å². The van der Waals surface area contributed by atoms with Crippen molar-refractivity contribution < 1.29 is 28.6 Å². The highest BCUT2D eigenvalue weighted by Gasteiger charge is 2.19. The van der Waals surface area contributed by atoms with E-state index in [9.17, 15) is 14.4 Å². The summed E-state index contributed by atoms with van der Waals surface area (Å²) in [5.74, 6) is 0.837. The molecule has 0 spiro atoms. The first-order valence-corrected chi connectivity index (χ1v) is 29.7. The smallest absolute Gasteiger partial charge is 0.306 e. The molecule has 66 heavy (non-hydrogen) atoms. The van der Waals surface area contributed by atoms with Crippen molar-refractivity contribution in [3.05, 3.63) is 0 Å². The Morgan fingerprint density at radius 2 is 0.500 bits per heavy atom. The molecule has 0 aromatic rings. The van der Waals surface area contributed by atoms with E-state index in [1.807, 2.05) is 0 Å². The van der Waals surface area contributed by atoms with Gasteiger partial charge in [-0.15, -0.1) is 0 Å². The van der Waals surface area contributed by atoms with E-state index >= 15 is 0 Å². The van der Waals surface area contributed by atoms with Crippen LogP contribution in [0, 0.1) is 11.8 Å². The van der Waals surface area contributed by atoms with Gasteiger partial charge in [0.1, 0.15) is 13.2 Å². The van der Waals surface area contributed by atoms with Crippen LogP contribution in [0.2, 0.25) is 0 Å². The van der Waals surface area contributed by atoms with Crippen molar-refractivity contribution in [1.29, 1.82) is 0 Å². The molecule has 0 aliphatic carbocycles. The van der Waals surface area contributed by atoms with Gasteiger partial charge in [0.2, 0.25) is 0 Å². The lowest BCUT2D eigenvalue weighted by molar-refractivity contribution is -0.167. The van der Waals surface area contributed by atoms with E-state index in [0.29, 0.717) is 19.3 Å². The van der Waals surface area contributed by atoms with Gasteiger partial charge in [0.25, 0.3) is 0 Å². The first kappa shape index (κ1) is 64.4. The monoisotopic (exact) mass is 933 g/mol. The van der Waals surface area contributed by atoms with E-state index in [0.717, 1.165) is 69.6 Å². The Kier molecular flexibility index (Phi) is 51.5. The molecule has 0 aliphatic rings. The summed E-state index contributed by atoms with van der Waals surface area (Å²) in [6, 6.07) is 0. The molecule has 392 valence electrons. The topological polar surface area (TPSA) is 78.9 Å². The van der Waals surface area contributed by atoms with Crippen molar-refractivity contribution in [2.24, 2.45) is 11.8 Å². The third-order valence-electron chi connectivity index (χ3n) is 13.7. The Labute approximate surface area is 412 Å². The SMILES string of the molecule is CCCCCCCCCCCCCCCCCCC(=O)OC[C@@H](COC(=O)CCCCCCCCCCCCCCCCCC(C)C)OC(=O)CCCCCCCCCCCCCC(C)C. The lowest BCUT2D eigenvalue weighted by Crippen LogP contribution is -2.30. The van der Waals surface area contributed by atoms with Crippen LogP contribution in [0.15, 0.2) is 0 Å². The molecule has 0 bridgehead atoms. The van der Waals surface area contributed by atoms with Crippen LogP contribution in [0.25, 0.3) is 0 Å².